The average Bonchev–Trinajstić information content (AvgIpc) is 2.94. The Labute approximate surface area is 112 Å². The van der Waals surface area contributed by atoms with E-state index >= 15 is 0 Å². The minimum absolute atomic E-state index is 0.453. The minimum atomic E-state index is 0.453. The number of morpholine rings is 1. The Hall–Kier alpha value is -0.720. The molecule has 0 aromatic carbocycles. The highest BCUT2D eigenvalue weighted by molar-refractivity contribution is 7.15. The summed E-state index contributed by atoms with van der Waals surface area (Å²) in [6.07, 6.45) is 4.46. The number of ether oxygens (including phenoxy) is 1. The van der Waals surface area contributed by atoms with Gasteiger partial charge in [0.1, 0.15) is 5.01 Å². The maximum Gasteiger partial charge on any atom is 0.205 e. The van der Waals surface area contributed by atoms with Gasteiger partial charge in [0.05, 0.1) is 18.8 Å². The molecule has 2 atom stereocenters. The molecule has 6 heteroatoms. The van der Waals surface area contributed by atoms with Crippen LogP contribution in [0.2, 0.25) is 0 Å². The Kier molecular flexibility index (Phi) is 3.77. The molecule has 0 spiro atoms. The Bertz CT molecular complexity index is 385. The van der Waals surface area contributed by atoms with Crippen molar-refractivity contribution in [3.8, 4) is 0 Å². The molecule has 1 aromatic heterocycles. The normalized spacial score (nSPS) is 27.6. The topological polar surface area (TPSA) is 50.3 Å². The lowest BCUT2D eigenvalue weighted by atomic mass is 10.2. The van der Waals surface area contributed by atoms with Gasteiger partial charge in [-0.2, -0.15) is 0 Å². The number of likely N-dealkylation sites (tertiary alicyclic amines) is 1. The van der Waals surface area contributed by atoms with E-state index in [1.54, 1.807) is 11.3 Å². The van der Waals surface area contributed by atoms with Crippen molar-refractivity contribution in [2.75, 3.05) is 25.0 Å². The molecule has 2 fully saturated rings. The number of aromatic nitrogens is 2. The molecule has 0 saturated carbocycles. The lowest BCUT2D eigenvalue weighted by molar-refractivity contribution is -0.0411. The van der Waals surface area contributed by atoms with Crippen molar-refractivity contribution in [2.24, 2.45) is 0 Å². The molecular formula is C12H20N4OS. The van der Waals surface area contributed by atoms with Gasteiger partial charge in [0.25, 0.3) is 0 Å². The number of rotatable bonds is 5. The van der Waals surface area contributed by atoms with Gasteiger partial charge in [-0.15, -0.1) is 10.2 Å². The zero-order valence-electron chi connectivity index (χ0n) is 10.8. The fourth-order valence-electron chi connectivity index (χ4n) is 2.64. The number of hydrogen-bond donors (Lipinski definition) is 1. The van der Waals surface area contributed by atoms with Gasteiger partial charge in [0.2, 0.25) is 5.13 Å². The van der Waals surface area contributed by atoms with E-state index in [1.807, 2.05) is 0 Å². The first kappa shape index (κ1) is 12.3. The lowest BCUT2D eigenvalue weighted by Gasteiger charge is -2.31. The fourth-order valence-corrected chi connectivity index (χ4v) is 3.45. The van der Waals surface area contributed by atoms with Gasteiger partial charge in [-0.05, 0) is 19.3 Å². The summed E-state index contributed by atoms with van der Waals surface area (Å²) >= 11 is 1.67. The SMILES string of the molecule is CCCNc1nnc(CN2CC3CCC(C2)O3)s1. The number of anilines is 1. The highest BCUT2D eigenvalue weighted by Crippen LogP contribution is 2.27. The van der Waals surface area contributed by atoms with Crippen LogP contribution in [-0.2, 0) is 11.3 Å². The molecule has 0 amide bonds. The number of fused-ring (bicyclic) bond motifs is 2. The number of nitrogens with one attached hydrogen (secondary N) is 1. The Balaban J connectivity index is 1.54. The summed E-state index contributed by atoms with van der Waals surface area (Å²) in [7, 11) is 0. The summed E-state index contributed by atoms with van der Waals surface area (Å²) < 4.78 is 5.84. The quantitative estimate of drug-likeness (QED) is 0.881. The van der Waals surface area contributed by atoms with E-state index in [0.29, 0.717) is 12.2 Å². The van der Waals surface area contributed by atoms with Gasteiger partial charge in [-0.1, -0.05) is 18.3 Å². The van der Waals surface area contributed by atoms with Crippen LogP contribution in [-0.4, -0.2) is 46.9 Å². The second kappa shape index (κ2) is 5.50. The van der Waals surface area contributed by atoms with E-state index in [0.717, 1.165) is 42.7 Å². The number of hydrogen-bond acceptors (Lipinski definition) is 6. The summed E-state index contributed by atoms with van der Waals surface area (Å²) in [5, 5.41) is 13.8. The smallest absolute Gasteiger partial charge is 0.205 e. The van der Waals surface area contributed by atoms with E-state index in [2.05, 4.69) is 27.3 Å². The highest BCUT2D eigenvalue weighted by atomic mass is 32.1. The van der Waals surface area contributed by atoms with Crippen molar-refractivity contribution in [1.29, 1.82) is 0 Å². The second-order valence-electron chi connectivity index (χ2n) is 5.08. The van der Waals surface area contributed by atoms with E-state index in [1.165, 1.54) is 12.8 Å². The molecule has 5 nitrogen and oxygen atoms in total. The van der Waals surface area contributed by atoms with E-state index in [-0.39, 0.29) is 0 Å². The third kappa shape index (κ3) is 2.81. The van der Waals surface area contributed by atoms with Crippen molar-refractivity contribution in [2.45, 2.75) is 44.9 Å². The maximum absolute atomic E-state index is 5.84. The largest absolute Gasteiger partial charge is 0.372 e. The highest BCUT2D eigenvalue weighted by Gasteiger charge is 2.33. The predicted molar refractivity (Wildman–Crippen MR) is 71.9 cm³/mol. The summed E-state index contributed by atoms with van der Waals surface area (Å²) in [5.74, 6) is 0. The molecule has 2 aliphatic heterocycles. The zero-order valence-corrected chi connectivity index (χ0v) is 11.6. The van der Waals surface area contributed by atoms with E-state index < -0.39 is 0 Å². The van der Waals surface area contributed by atoms with Crippen LogP contribution in [0.15, 0.2) is 0 Å². The molecule has 0 aliphatic carbocycles. The summed E-state index contributed by atoms with van der Waals surface area (Å²) in [6.45, 7) is 6.14. The molecule has 1 N–H and O–H groups in total. The monoisotopic (exact) mass is 268 g/mol. The van der Waals surface area contributed by atoms with Gasteiger partial charge in [-0.3, -0.25) is 4.90 Å². The summed E-state index contributed by atoms with van der Waals surface area (Å²) in [6, 6.07) is 0. The number of nitrogens with zero attached hydrogens (tertiary/aromatic N) is 3. The third-order valence-corrected chi connectivity index (χ3v) is 4.34. The van der Waals surface area contributed by atoms with Crippen molar-refractivity contribution in [3.05, 3.63) is 5.01 Å². The molecule has 2 bridgehead atoms. The van der Waals surface area contributed by atoms with Crippen LogP contribution in [0, 0.1) is 0 Å². The van der Waals surface area contributed by atoms with Gasteiger partial charge >= 0.3 is 0 Å². The van der Waals surface area contributed by atoms with Crippen LogP contribution in [0.3, 0.4) is 0 Å². The molecule has 3 rings (SSSR count). The van der Waals surface area contributed by atoms with Gasteiger partial charge in [0, 0.05) is 19.6 Å². The first-order chi connectivity index (χ1) is 8.83. The molecule has 1 aromatic rings. The second-order valence-corrected chi connectivity index (χ2v) is 6.14. The van der Waals surface area contributed by atoms with Crippen molar-refractivity contribution in [3.63, 3.8) is 0 Å². The van der Waals surface area contributed by atoms with Gasteiger partial charge in [-0.25, -0.2) is 0 Å². The molecule has 2 saturated heterocycles. The molecule has 100 valence electrons. The lowest BCUT2D eigenvalue weighted by Crippen LogP contribution is -2.41. The summed E-state index contributed by atoms with van der Waals surface area (Å²) in [4.78, 5) is 2.45. The Morgan fingerprint density at radius 1 is 1.33 bits per heavy atom. The predicted octanol–water partition coefficient (Wildman–Crippen LogP) is 1.72. The first-order valence-electron chi connectivity index (χ1n) is 6.77. The molecule has 2 aliphatic rings. The Morgan fingerprint density at radius 2 is 2.11 bits per heavy atom. The van der Waals surface area contributed by atoms with Crippen molar-refractivity contribution in [1.82, 2.24) is 15.1 Å². The van der Waals surface area contributed by atoms with Gasteiger partial charge < -0.3 is 10.1 Å². The third-order valence-electron chi connectivity index (χ3n) is 3.47. The van der Waals surface area contributed by atoms with E-state index in [9.17, 15) is 0 Å². The standard InChI is InChI=1S/C12H20N4OS/c1-2-5-13-12-15-14-11(18-12)8-16-6-9-3-4-10(7-16)17-9/h9-10H,2-8H2,1H3,(H,13,15). The fraction of sp³-hybridized carbons (Fsp3) is 0.833. The molecule has 2 unspecified atom stereocenters. The van der Waals surface area contributed by atoms with E-state index in [4.69, 9.17) is 4.74 Å². The maximum atomic E-state index is 5.84. The molecule has 18 heavy (non-hydrogen) atoms. The first-order valence-corrected chi connectivity index (χ1v) is 7.59. The average molecular weight is 268 g/mol. The van der Waals surface area contributed by atoms with Crippen LogP contribution >= 0.6 is 11.3 Å². The van der Waals surface area contributed by atoms with Crippen LogP contribution in [0.4, 0.5) is 5.13 Å². The Morgan fingerprint density at radius 3 is 2.83 bits per heavy atom. The van der Waals surface area contributed by atoms with Crippen LogP contribution in [0.5, 0.6) is 0 Å². The van der Waals surface area contributed by atoms with Gasteiger partial charge in [0.15, 0.2) is 0 Å². The van der Waals surface area contributed by atoms with Crippen molar-refractivity contribution < 1.29 is 4.74 Å². The van der Waals surface area contributed by atoms with Crippen LogP contribution < -0.4 is 5.32 Å². The van der Waals surface area contributed by atoms with Crippen LogP contribution in [0.1, 0.15) is 31.2 Å². The molecular weight excluding hydrogens is 248 g/mol. The van der Waals surface area contributed by atoms with Crippen LogP contribution in [0.25, 0.3) is 0 Å². The molecule has 0 radical (unpaired) electrons. The summed E-state index contributed by atoms with van der Waals surface area (Å²) in [5.41, 5.74) is 0. The molecule has 3 heterocycles. The minimum Gasteiger partial charge on any atom is -0.372 e. The zero-order chi connectivity index (χ0) is 12.4. The van der Waals surface area contributed by atoms with Crippen molar-refractivity contribution >= 4 is 16.5 Å².